The molecule has 4 heterocycles. The molecule has 6 rings (SSSR count). The summed E-state index contributed by atoms with van der Waals surface area (Å²) in [5, 5.41) is 12.3. The molecule has 0 spiro atoms. The zero-order valence-electron chi connectivity index (χ0n) is 21.9. The van der Waals surface area contributed by atoms with Crippen molar-refractivity contribution in [1.82, 2.24) is 29.9 Å². The molecule has 0 radical (unpaired) electrons. The summed E-state index contributed by atoms with van der Waals surface area (Å²) in [5.41, 5.74) is 4.22. The minimum atomic E-state index is -3.96. The zero-order valence-corrected chi connectivity index (χ0v) is 23.5. The van der Waals surface area contributed by atoms with Gasteiger partial charge in [-0.05, 0) is 80.2 Å². The van der Waals surface area contributed by atoms with Gasteiger partial charge in [-0.3, -0.25) is 4.72 Å². The van der Waals surface area contributed by atoms with Gasteiger partial charge < -0.3 is 10.6 Å². The van der Waals surface area contributed by atoms with Crippen molar-refractivity contribution in [3.8, 4) is 11.3 Å². The Morgan fingerprint density at radius 1 is 1.15 bits per heavy atom. The van der Waals surface area contributed by atoms with Gasteiger partial charge in [0.25, 0.3) is 10.0 Å². The Labute approximate surface area is 237 Å². The third-order valence-electron chi connectivity index (χ3n) is 7.20. The van der Waals surface area contributed by atoms with E-state index in [4.69, 9.17) is 16.6 Å². The first-order valence-corrected chi connectivity index (χ1v) is 15.1. The van der Waals surface area contributed by atoms with Gasteiger partial charge in [-0.2, -0.15) is 5.10 Å². The van der Waals surface area contributed by atoms with Crippen LogP contribution in [0.25, 0.3) is 27.7 Å². The molecule has 12 heteroatoms. The standard InChI is InChI=1S/C28H29ClN8O2S/c1-2-19-12-20(13-21-16-32-28(35-26(19)21)31-15-18-6-5-11-30-14-18)23-9-10-24-27(33-17-34-37(23)24)36-40(38,39)25-8-4-3-7-22(25)29/h3-4,7-10,12-13,16-18,30H,2,5-6,11,14-15H2,1H3,(H,31,32,35)(H,33,34,36)/t18-/m0/s1. The van der Waals surface area contributed by atoms with Crippen molar-refractivity contribution >= 4 is 49.8 Å². The highest BCUT2D eigenvalue weighted by Gasteiger charge is 2.21. The van der Waals surface area contributed by atoms with Crippen molar-refractivity contribution in [3.05, 3.63) is 71.6 Å². The first-order valence-electron chi connectivity index (χ1n) is 13.3. The van der Waals surface area contributed by atoms with E-state index >= 15 is 0 Å². The van der Waals surface area contributed by atoms with Crippen LogP contribution >= 0.6 is 11.6 Å². The lowest BCUT2D eigenvalue weighted by atomic mass is 10.00. The number of aryl methyl sites for hydroxylation is 1. The number of sulfonamides is 1. The number of hydrogen-bond donors (Lipinski definition) is 3. The molecule has 3 N–H and O–H groups in total. The summed E-state index contributed by atoms with van der Waals surface area (Å²) >= 11 is 6.14. The third kappa shape index (κ3) is 5.19. The molecular weight excluding hydrogens is 548 g/mol. The minimum Gasteiger partial charge on any atom is -0.354 e. The van der Waals surface area contributed by atoms with E-state index in [0.717, 1.165) is 53.8 Å². The first-order chi connectivity index (χ1) is 19.4. The third-order valence-corrected chi connectivity index (χ3v) is 9.03. The molecule has 0 unspecified atom stereocenters. The molecule has 0 saturated carbocycles. The molecule has 0 bridgehead atoms. The maximum absolute atomic E-state index is 13.0. The highest BCUT2D eigenvalue weighted by molar-refractivity contribution is 7.92. The number of halogens is 1. The number of benzene rings is 2. The van der Waals surface area contributed by atoms with Crippen LogP contribution in [0.15, 0.2) is 66.0 Å². The Hall–Kier alpha value is -3.80. The lowest BCUT2D eigenvalue weighted by Crippen LogP contribution is -2.33. The van der Waals surface area contributed by atoms with Gasteiger partial charge in [0.15, 0.2) is 5.82 Å². The summed E-state index contributed by atoms with van der Waals surface area (Å²) in [6.07, 6.45) is 6.36. The number of nitrogens with zero attached hydrogens (tertiary/aromatic N) is 5. The van der Waals surface area contributed by atoms with Crippen molar-refractivity contribution in [2.24, 2.45) is 5.92 Å². The van der Waals surface area contributed by atoms with E-state index in [2.05, 4.69) is 43.4 Å². The Morgan fingerprint density at radius 3 is 2.83 bits per heavy atom. The predicted molar refractivity (Wildman–Crippen MR) is 157 cm³/mol. The van der Waals surface area contributed by atoms with Gasteiger partial charge in [-0.1, -0.05) is 30.7 Å². The van der Waals surface area contributed by atoms with E-state index in [0.29, 0.717) is 17.4 Å². The van der Waals surface area contributed by atoms with Crippen LogP contribution < -0.4 is 15.4 Å². The number of piperidine rings is 1. The van der Waals surface area contributed by atoms with E-state index < -0.39 is 10.0 Å². The summed E-state index contributed by atoms with van der Waals surface area (Å²) in [4.78, 5) is 13.6. The van der Waals surface area contributed by atoms with Gasteiger partial charge in [0.05, 0.1) is 16.2 Å². The van der Waals surface area contributed by atoms with E-state index in [1.54, 1.807) is 22.7 Å². The molecule has 2 aromatic carbocycles. The van der Waals surface area contributed by atoms with E-state index in [1.165, 1.54) is 31.3 Å². The Bertz CT molecular complexity index is 1800. The van der Waals surface area contributed by atoms with Crippen LogP contribution in [0.4, 0.5) is 11.8 Å². The highest BCUT2D eigenvalue weighted by atomic mass is 35.5. The van der Waals surface area contributed by atoms with Crippen molar-refractivity contribution in [3.63, 3.8) is 0 Å². The average Bonchev–Trinajstić information content (AvgIpc) is 3.41. The van der Waals surface area contributed by atoms with Gasteiger partial charge in [0.1, 0.15) is 16.7 Å². The molecule has 10 nitrogen and oxygen atoms in total. The molecular formula is C28H29ClN8O2S. The monoisotopic (exact) mass is 576 g/mol. The second-order valence-corrected chi connectivity index (χ2v) is 11.9. The highest BCUT2D eigenvalue weighted by Crippen LogP contribution is 2.31. The smallest absolute Gasteiger partial charge is 0.264 e. The lowest BCUT2D eigenvalue weighted by Gasteiger charge is -2.22. The normalized spacial score (nSPS) is 15.9. The molecule has 0 amide bonds. The molecule has 1 aliphatic rings. The van der Waals surface area contributed by atoms with E-state index in [9.17, 15) is 8.42 Å². The Kier molecular flexibility index (Phi) is 7.26. The fourth-order valence-corrected chi connectivity index (χ4v) is 6.68. The predicted octanol–water partition coefficient (Wildman–Crippen LogP) is 4.77. The molecule has 40 heavy (non-hydrogen) atoms. The maximum Gasteiger partial charge on any atom is 0.264 e. The van der Waals surface area contributed by atoms with Gasteiger partial charge in [0.2, 0.25) is 5.95 Å². The quantitative estimate of drug-likeness (QED) is 0.241. The van der Waals surface area contributed by atoms with E-state index in [-0.39, 0.29) is 15.7 Å². The van der Waals surface area contributed by atoms with Crippen LogP contribution in [0.1, 0.15) is 25.3 Å². The second kappa shape index (κ2) is 11.0. The number of hydrogen-bond acceptors (Lipinski definition) is 8. The molecule has 206 valence electrons. The van der Waals surface area contributed by atoms with E-state index in [1.807, 2.05) is 18.3 Å². The Balaban J connectivity index is 1.32. The molecule has 1 atom stereocenters. The summed E-state index contributed by atoms with van der Waals surface area (Å²) in [7, 11) is -3.96. The molecule has 1 fully saturated rings. The Morgan fingerprint density at radius 2 is 2.02 bits per heavy atom. The first kappa shape index (κ1) is 26.4. The van der Waals surface area contributed by atoms with Crippen LogP contribution in [-0.4, -0.2) is 52.6 Å². The molecule has 0 aliphatic carbocycles. The fourth-order valence-electron chi connectivity index (χ4n) is 5.13. The zero-order chi connectivity index (χ0) is 27.7. The lowest BCUT2D eigenvalue weighted by molar-refractivity contribution is 0.392. The number of aromatic nitrogens is 5. The molecule has 3 aromatic heterocycles. The summed E-state index contributed by atoms with van der Waals surface area (Å²) < 4.78 is 30.3. The van der Waals surface area contributed by atoms with Crippen LogP contribution in [0, 0.1) is 5.92 Å². The largest absolute Gasteiger partial charge is 0.354 e. The van der Waals surface area contributed by atoms with Crippen molar-refractivity contribution in [2.75, 3.05) is 29.7 Å². The van der Waals surface area contributed by atoms with Crippen LogP contribution in [0.3, 0.4) is 0 Å². The minimum absolute atomic E-state index is 0.0217. The van der Waals surface area contributed by atoms with Crippen molar-refractivity contribution in [1.29, 1.82) is 0 Å². The number of rotatable bonds is 8. The summed E-state index contributed by atoms with van der Waals surface area (Å²) in [6, 6.07) is 14.1. The second-order valence-electron chi connectivity index (χ2n) is 9.87. The number of nitrogens with one attached hydrogen (secondary N) is 3. The van der Waals surface area contributed by atoms with Crippen LogP contribution in [-0.2, 0) is 16.4 Å². The van der Waals surface area contributed by atoms with Crippen molar-refractivity contribution < 1.29 is 8.42 Å². The van der Waals surface area contributed by atoms with Crippen LogP contribution in [0.5, 0.6) is 0 Å². The molecule has 5 aromatic rings. The molecule has 1 aliphatic heterocycles. The van der Waals surface area contributed by atoms with Gasteiger partial charge in [0, 0.05) is 23.7 Å². The van der Waals surface area contributed by atoms with Gasteiger partial charge in [-0.15, -0.1) is 0 Å². The van der Waals surface area contributed by atoms with Crippen LogP contribution in [0.2, 0.25) is 5.02 Å². The summed E-state index contributed by atoms with van der Waals surface area (Å²) in [6.45, 7) is 5.05. The van der Waals surface area contributed by atoms with Crippen molar-refractivity contribution in [2.45, 2.75) is 31.1 Å². The average molecular weight is 577 g/mol. The number of fused-ring (bicyclic) bond motifs is 2. The fraction of sp³-hybridized carbons (Fsp3) is 0.286. The SMILES string of the molecule is CCc1cc(-c2ccc3c(NS(=O)(=O)c4ccccc4Cl)ncnn23)cc2cnc(NC[C@H]3CCCNC3)nc12. The summed E-state index contributed by atoms with van der Waals surface area (Å²) in [5.74, 6) is 1.37. The number of anilines is 2. The topological polar surface area (TPSA) is 126 Å². The van der Waals surface area contributed by atoms with Gasteiger partial charge >= 0.3 is 0 Å². The maximum atomic E-state index is 13.0. The molecule has 1 saturated heterocycles. The van der Waals surface area contributed by atoms with Gasteiger partial charge in [-0.25, -0.2) is 27.9 Å².